The van der Waals surface area contributed by atoms with Gasteiger partial charge in [-0.15, -0.1) is 11.3 Å². The van der Waals surface area contributed by atoms with Crippen molar-refractivity contribution in [3.63, 3.8) is 0 Å². The lowest BCUT2D eigenvalue weighted by molar-refractivity contribution is 0.669. The molecule has 0 amide bonds. The molecular weight excluding hydrogens is 793 g/mol. The Labute approximate surface area is 364 Å². The summed E-state index contributed by atoms with van der Waals surface area (Å²) in [6.45, 7) is 0. The molecule has 0 saturated heterocycles. The molecule has 0 fully saturated rings. The summed E-state index contributed by atoms with van der Waals surface area (Å²) in [7, 11) is 0. The molecule has 63 heavy (non-hydrogen) atoms. The standard InChI is InChI=1S/C55H32N6OS/c1-4-16-33(17-5-1)36-30-31-38-37-22-10-12-27-43(37)61(44(38)32-36)55-59-52(35-20-8-3-9-21-35)58-54(60-55)42-26-14-24-40-47-41(25-15-28-45(47)62-50(40)42)53-56-48(34-18-6-2-7-19-34)51-49(57-53)39-23-11-13-29-46(39)63-51/h1-32H. The maximum Gasteiger partial charge on any atom is 0.238 e. The van der Waals surface area contributed by atoms with Crippen molar-refractivity contribution in [3.05, 3.63) is 194 Å². The van der Waals surface area contributed by atoms with Crippen molar-refractivity contribution >= 4 is 75.4 Å². The Bertz CT molecular complexity index is 3910. The van der Waals surface area contributed by atoms with Gasteiger partial charge in [0.25, 0.3) is 0 Å². The largest absolute Gasteiger partial charge is 0.455 e. The summed E-state index contributed by atoms with van der Waals surface area (Å²) in [4.78, 5) is 26.4. The van der Waals surface area contributed by atoms with Crippen LogP contribution in [0.3, 0.4) is 0 Å². The monoisotopic (exact) mass is 824 g/mol. The fourth-order valence-electron chi connectivity index (χ4n) is 9.01. The summed E-state index contributed by atoms with van der Waals surface area (Å²) in [5.74, 6) is 2.22. The van der Waals surface area contributed by atoms with E-state index in [9.17, 15) is 0 Å². The van der Waals surface area contributed by atoms with Gasteiger partial charge in [-0.05, 0) is 41.5 Å². The average molecular weight is 825 g/mol. The zero-order chi connectivity index (χ0) is 41.4. The van der Waals surface area contributed by atoms with Gasteiger partial charge in [-0.1, -0.05) is 164 Å². The summed E-state index contributed by atoms with van der Waals surface area (Å²) >= 11 is 1.73. The number of nitrogens with zero attached hydrogens (tertiary/aromatic N) is 6. The molecule has 13 aromatic rings. The first-order chi connectivity index (χ1) is 31.2. The fourth-order valence-corrected chi connectivity index (χ4v) is 10.2. The number of furan rings is 1. The quantitative estimate of drug-likeness (QED) is 0.166. The number of rotatable bonds is 6. The highest BCUT2D eigenvalue weighted by Crippen LogP contribution is 2.43. The van der Waals surface area contributed by atoms with E-state index in [-0.39, 0.29) is 0 Å². The van der Waals surface area contributed by atoms with Crippen molar-refractivity contribution in [2.24, 2.45) is 0 Å². The predicted octanol–water partition coefficient (Wildman–Crippen LogP) is 14.4. The van der Waals surface area contributed by atoms with Gasteiger partial charge in [0.15, 0.2) is 17.5 Å². The predicted molar refractivity (Wildman–Crippen MR) is 257 cm³/mol. The number of thiophene rings is 1. The number of hydrogen-bond acceptors (Lipinski definition) is 7. The first kappa shape index (κ1) is 35.4. The van der Waals surface area contributed by atoms with E-state index in [4.69, 9.17) is 29.3 Å². The van der Waals surface area contributed by atoms with Gasteiger partial charge in [0, 0.05) is 48.3 Å². The molecule has 0 aliphatic rings. The van der Waals surface area contributed by atoms with E-state index in [1.54, 1.807) is 11.3 Å². The minimum absolute atomic E-state index is 0.504. The van der Waals surface area contributed by atoms with E-state index in [0.29, 0.717) is 29.0 Å². The molecule has 0 spiro atoms. The van der Waals surface area contributed by atoms with Crippen LogP contribution in [0.5, 0.6) is 0 Å². The Morgan fingerprint density at radius 3 is 1.87 bits per heavy atom. The van der Waals surface area contributed by atoms with E-state index in [0.717, 1.165) is 92.8 Å². The molecule has 0 aliphatic carbocycles. The first-order valence-electron chi connectivity index (χ1n) is 20.8. The van der Waals surface area contributed by atoms with Gasteiger partial charge < -0.3 is 4.42 Å². The van der Waals surface area contributed by atoms with Gasteiger partial charge in [-0.25, -0.2) is 15.0 Å². The Kier molecular flexibility index (Phi) is 7.94. The van der Waals surface area contributed by atoms with Crippen LogP contribution in [-0.2, 0) is 0 Å². The van der Waals surface area contributed by atoms with Gasteiger partial charge in [-0.3, -0.25) is 4.57 Å². The van der Waals surface area contributed by atoms with Crippen molar-refractivity contribution < 1.29 is 4.42 Å². The Morgan fingerprint density at radius 1 is 0.413 bits per heavy atom. The molecule has 13 rings (SSSR count). The molecule has 0 N–H and O–H groups in total. The van der Waals surface area contributed by atoms with Crippen LogP contribution >= 0.6 is 11.3 Å². The lowest BCUT2D eigenvalue weighted by Gasteiger charge is -2.11. The molecule has 0 bridgehead atoms. The van der Waals surface area contributed by atoms with Crippen molar-refractivity contribution in [2.75, 3.05) is 0 Å². The molecule has 294 valence electrons. The summed E-state index contributed by atoms with van der Waals surface area (Å²) in [5.41, 5.74) is 11.1. The molecule has 8 aromatic carbocycles. The molecule has 0 atom stereocenters. The van der Waals surface area contributed by atoms with Crippen LogP contribution < -0.4 is 0 Å². The third kappa shape index (κ3) is 5.69. The van der Waals surface area contributed by atoms with Crippen LogP contribution in [0.15, 0.2) is 199 Å². The minimum atomic E-state index is 0.504. The number of aromatic nitrogens is 6. The Hall–Kier alpha value is -8.33. The van der Waals surface area contributed by atoms with Crippen LogP contribution in [0.1, 0.15) is 0 Å². The molecule has 0 saturated carbocycles. The lowest BCUT2D eigenvalue weighted by Crippen LogP contribution is -2.06. The van der Waals surface area contributed by atoms with Crippen LogP contribution in [-0.4, -0.2) is 29.5 Å². The number of fused-ring (bicyclic) bond motifs is 9. The maximum absolute atomic E-state index is 6.88. The first-order valence-corrected chi connectivity index (χ1v) is 21.7. The average Bonchev–Trinajstić information content (AvgIpc) is 4.04. The highest BCUT2D eigenvalue weighted by molar-refractivity contribution is 7.26. The second-order valence-electron chi connectivity index (χ2n) is 15.6. The van der Waals surface area contributed by atoms with E-state index in [2.05, 4.69) is 132 Å². The van der Waals surface area contributed by atoms with Gasteiger partial charge in [-0.2, -0.15) is 9.97 Å². The molecule has 7 nitrogen and oxygen atoms in total. The number of para-hydroxylation sites is 2. The van der Waals surface area contributed by atoms with E-state index in [1.165, 1.54) is 4.70 Å². The molecule has 0 unspecified atom stereocenters. The lowest BCUT2D eigenvalue weighted by atomic mass is 10.0. The van der Waals surface area contributed by atoms with Gasteiger partial charge in [0.05, 0.1) is 32.5 Å². The Balaban J connectivity index is 1.05. The molecule has 0 aliphatic heterocycles. The maximum atomic E-state index is 6.88. The van der Waals surface area contributed by atoms with Crippen LogP contribution in [0, 0.1) is 0 Å². The zero-order valence-electron chi connectivity index (χ0n) is 33.5. The SMILES string of the molecule is c1ccc(-c2ccc3c4ccccc4n(-c4nc(-c5ccccc5)nc(-c5cccc6c5oc5cccc(-c7nc(-c8ccccc8)c8sc9ccccc9c8n7)c56)n4)c3c2)cc1. The second kappa shape index (κ2) is 14.1. The van der Waals surface area contributed by atoms with Gasteiger partial charge in [0.1, 0.15) is 11.2 Å². The normalized spacial score (nSPS) is 11.8. The highest BCUT2D eigenvalue weighted by Gasteiger charge is 2.24. The summed E-state index contributed by atoms with van der Waals surface area (Å²) in [6, 6.07) is 66.7. The second-order valence-corrected chi connectivity index (χ2v) is 16.7. The smallest absolute Gasteiger partial charge is 0.238 e. The van der Waals surface area contributed by atoms with Crippen molar-refractivity contribution in [1.82, 2.24) is 29.5 Å². The van der Waals surface area contributed by atoms with E-state index >= 15 is 0 Å². The van der Waals surface area contributed by atoms with Gasteiger partial charge >= 0.3 is 0 Å². The third-order valence-corrected chi connectivity index (χ3v) is 13.1. The Morgan fingerprint density at radius 2 is 1.05 bits per heavy atom. The zero-order valence-corrected chi connectivity index (χ0v) is 34.3. The van der Waals surface area contributed by atoms with Crippen LogP contribution in [0.2, 0.25) is 0 Å². The third-order valence-electron chi connectivity index (χ3n) is 11.9. The van der Waals surface area contributed by atoms with Crippen molar-refractivity contribution in [1.29, 1.82) is 0 Å². The van der Waals surface area contributed by atoms with Crippen molar-refractivity contribution in [3.8, 4) is 62.5 Å². The molecule has 0 radical (unpaired) electrons. The summed E-state index contributed by atoms with van der Waals surface area (Å²) in [6.07, 6.45) is 0. The molecule has 5 aromatic heterocycles. The number of benzene rings is 8. The van der Waals surface area contributed by atoms with E-state index in [1.807, 2.05) is 66.7 Å². The summed E-state index contributed by atoms with van der Waals surface area (Å²) < 4.78 is 11.3. The fraction of sp³-hybridized carbons (Fsp3) is 0. The molecule has 5 heterocycles. The highest BCUT2D eigenvalue weighted by atomic mass is 32.1. The van der Waals surface area contributed by atoms with Gasteiger partial charge in [0.2, 0.25) is 5.95 Å². The molecule has 8 heteroatoms. The van der Waals surface area contributed by atoms with E-state index < -0.39 is 0 Å². The van der Waals surface area contributed by atoms with Crippen molar-refractivity contribution in [2.45, 2.75) is 0 Å². The van der Waals surface area contributed by atoms with Crippen LogP contribution in [0.25, 0.3) is 127 Å². The van der Waals surface area contributed by atoms with Crippen LogP contribution in [0.4, 0.5) is 0 Å². The molecular formula is C55H32N6OS. The number of hydrogen-bond donors (Lipinski definition) is 0. The topological polar surface area (TPSA) is 82.5 Å². The summed E-state index contributed by atoms with van der Waals surface area (Å²) in [5, 5.41) is 5.20. The minimum Gasteiger partial charge on any atom is -0.455 e.